The number of nitrogens with two attached hydrogens (primary N) is 2. The van der Waals surface area contributed by atoms with Crippen LogP contribution in [0, 0.1) is 5.92 Å². The predicted octanol–water partition coefficient (Wildman–Crippen LogP) is -2.23. The zero-order valence-corrected chi connectivity index (χ0v) is 38.7. The van der Waals surface area contributed by atoms with E-state index < -0.39 is 115 Å². The Hall–Kier alpha value is -5.32. The number of likely N-dealkylation sites (tertiary alicyclic amines) is 3. The molecule has 0 spiro atoms. The molecular formula is C44H68N10O11S. The summed E-state index contributed by atoms with van der Waals surface area (Å²) in [7, 11) is 0. The van der Waals surface area contributed by atoms with Crippen LogP contribution in [0.5, 0.6) is 0 Å². The molecule has 3 heterocycles. The summed E-state index contributed by atoms with van der Waals surface area (Å²) in [5, 5.41) is 32.8. The van der Waals surface area contributed by atoms with E-state index in [1.54, 1.807) is 30.3 Å². The first-order chi connectivity index (χ1) is 31.5. The lowest BCUT2D eigenvalue weighted by atomic mass is 10.0. The maximum atomic E-state index is 14.0. The van der Waals surface area contributed by atoms with Crippen LogP contribution in [0.3, 0.4) is 0 Å². The summed E-state index contributed by atoms with van der Waals surface area (Å²) in [5.41, 5.74) is 12.2. The molecule has 0 bridgehead atoms. The Kier molecular flexibility index (Phi) is 21.1. The topological polar surface area (TPSA) is 316 Å². The highest BCUT2D eigenvalue weighted by Crippen LogP contribution is 2.26. The monoisotopic (exact) mass is 944 g/mol. The Balaban J connectivity index is 1.37. The van der Waals surface area contributed by atoms with Gasteiger partial charge in [-0.3, -0.25) is 38.4 Å². The summed E-state index contributed by atoms with van der Waals surface area (Å²) in [4.78, 5) is 124. The average molecular weight is 945 g/mol. The van der Waals surface area contributed by atoms with Crippen LogP contribution in [0.1, 0.15) is 83.6 Å². The quantitative estimate of drug-likeness (QED) is 0.0388. The van der Waals surface area contributed by atoms with E-state index in [0.717, 1.165) is 0 Å². The number of carboxylic acids is 1. The lowest BCUT2D eigenvalue weighted by Gasteiger charge is -2.32. The molecule has 0 unspecified atom stereocenters. The number of aliphatic carboxylic acids is 1. The summed E-state index contributed by atoms with van der Waals surface area (Å²) in [5.74, 6) is -6.35. The second kappa shape index (κ2) is 26.1. The fourth-order valence-electron chi connectivity index (χ4n) is 8.60. The fraction of sp³-hybridized carbons (Fsp3) is 0.659. The highest BCUT2D eigenvalue weighted by molar-refractivity contribution is 7.80. The number of carbonyl (C=O) groups is 9. The highest BCUT2D eigenvalue weighted by atomic mass is 32.1. The van der Waals surface area contributed by atoms with Crippen molar-refractivity contribution >= 4 is 65.9 Å². The van der Waals surface area contributed by atoms with Gasteiger partial charge in [0.1, 0.15) is 42.3 Å². The van der Waals surface area contributed by atoms with Gasteiger partial charge < -0.3 is 63.0 Å². The van der Waals surface area contributed by atoms with E-state index in [1.807, 2.05) is 13.8 Å². The first kappa shape index (κ1) is 53.3. The van der Waals surface area contributed by atoms with Crippen molar-refractivity contribution < 1.29 is 53.4 Å². The highest BCUT2D eigenvalue weighted by Gasteiger charge is 2.44. The number of hydrogen-bond donors (Lipinski definition) is 10. The average Bonchev–Trinajstić information content (AvgIpc) is 4.10. The molecule has 11 N–H and O–H groups in total. The van der Waals surface area contributed by atoms with Gasteiger partial charge in [0.05, 0.1) is 19.2 Å². The molecule has 4 rings (SSSR count). The van der Waals surface area contributed by atoms with Crippen molar-refractivity contribution in [3.05, 3.63) is 35.9 Å². The van der Waals surface area contributed by atoms with E-state index >= 15 is 0 Å². The van der Waals surface area contributed by atoms with Crippen LogP contribution in [0.15, 0.2) is 30.3 Å². The Labute approximate surface area is 390 Å². The normalized spacial score (nSPS) is 20.5. The van der Waals surface area contributed by atoms with Gasteiger partial charge in [-0.1, -0.05) is 50.6 Å². The van der Waals surface area contributed by atoms with Gasteiger partial charge in [-0.15, -0.1) is 0 Å². The molecule has 3 aliphatic heterocycles. The smallest absolute Gasteiger partial charge is 0.326 e. The van der Waals surface area contributed by atoms with Gasteiger partial charge in [0.15, 0.2) is 0 Å². The number of aliphatic hydroxyl groups excluding tert-OH is 1. The number of benzene rings is 1. The molecule has 1 aromatic rings. The Morgan fingerprint density at radius 3 is 1.89 bits per heavy atom. The minimum Gasteiger partial charge on any atom is -0.480 e. The van der Waals surface area contributed by atoms with Crippen LogP contribution in [-0.2, 0) is 49.6 Å². The summed E-state index contributed by atoms with van der Waals surface area (Å²) in [6.45, 7) is 3.29. The number of nitrogens with zero attached hydrogens (tertiary/aromatic N) is 3. The largest absolute Gasteiger partial charge is 0.480 e. The Morgan fingerprint density at radius 1 is 0.727 bits per heavy atom. The van der Waals surface area contributed by atoms with Crippen molar-refractivity contribution in [1.82, 2.24) is 41.3 Å². The van der Waals surface area contributed by atoms with Crippen LogP contribution in [-0.4, -0.2) is 172 Å². The lowest BCUT2D eigenvalue weighted by Crippen LogP contribution is -2.59. The Morgan fingerprint density at radius 2 is 1.30 bits per heavy atom. The second-order valence-corrected chi connectivity index (χ2v) is 17.9. The minimum atomic E-state index is -1.51. The maximum absolute atomic E-state index is 14.0. The molecule has 3 saturated heterocycles. The predicted molar refractivity (Wildman–Crippen MR) is 244 cm³/mol. The van der Waals surface area contributed by atoms with E-state index in [0.29, 0.717) is 63.5 Å². The number of thiol groups is 1. The van der Waals surface area contributed by atoms with Gasteiger partial charge in [-0.25, -0.2) is 4.79 Å². The number of aliphatic hydroxyl groups is 1. The SMILES string of the molecule is CC(C)C[C@H](NC(=O)[C@@H]1CCCN1C(=O)[C@H](CO)NC(=O)[C@H](Cc1ccccc1)NC(=O)CNC(=O)[C@@H]1CCCN1C(=O)[C@@H]1CCCN1C(=O)[C@H](CS)NC(=O)[C@@H](N)CCCCN)C(=O)O. The van der Waals surface area contributed by atoms with Crippen LogP contribution < -0.4 is 38.1 Å². The van der Waals surface area contributed by atoms with E-state index in [-0.39, 0.29) is 50.6 Å². The second-order valence-electron chi connectivity index (χ2n) is 17.5. The molecule has 0 aliphatic carbocycles. The fourth-order valence-corrected chi connectivity index (χ4v) is 8.84. The van der Waals surface area contributed by atoms with Gasteiger partial charge in [-0.2, -0.15) is 12.6 Å². The van der Waals surface area contributed by atoms with Crippen LogP contribution in [0.2, 0.25) is 0 Å². The van der Waals surface area contributed by atoms with Gasteiger partial charge >= 0.3 is 5.97 Å². The van der Waals surface area contributed by atoms with Gasteiger partial charge in [-0.05, 0) is 75.8 Å². The number of carbonyl (C=O) groups excluding carboxylic acids is 8. The molecule has 8 atom stereocenters. The molecule has 3 fully saturated rings. The van der Waals surface area contributed by atoms with Gasteiger partial charge in [0, 0.05) is 31.8 Å². The molecule has 366 valence electrons. The number of nitrogens with one attached hydrogen (secondary N) is 5. The summed E-state index contributed by atoms with van der Waals surface area (Å²) in [6, 6.07) is -0.0367. The third-order valence-electron chi connectivity index (χ3n) is 12.1. The van der Waals surface area contributed by atoms with Crippen molar-refractivity contribution in [3.8, 4) is 0 Å². The number of carboxylic acid groups (broad SMARTS) is 1. The van der Waals surface area contributed by atoms with Gasteiger partial charge in [0.25, 0.3) is 0 Å². The van der Waals surface area contributed by atoms with Gasteiger partial charge in [0.2, 0.25) is 47.3 Å². The van der Waals surface area contributed by atoms with Crippen LogP contribution >= 0.6 is 12.6 Å². The van der Waals surface area contributed by atoms with Crippen molar-refractivity contribution in [2.45, 2.75) is 133 Å². The zero-order valence-electron chi connectivity index (χ0n) is 37.8. The molecule has 0 saturated carbocycles. The maximum Gasteiger partial charge on any atom is 0.326 e. The summed E-state index contributed by atoms with van der Waals surface area (Å²) >= 11 is 4.28. The molecule has 66 heavy (non-hydrogen) atoms. The molecule has 3 aliphatic rings. The standard InChI is InChI=1S/C44H68N10O11S/c1-26(2)21-30(44(64)65)49-40(60)34-15-9-18-52(34)41(61)31(24-55)50-38(58)29(22-27-11-4-3-5-12-27)48-36(56)23-47-39(59)33-14-8-19-53(33)43(63)35-16-10-20-54(35)42(62)32(25-66)51-37(57)28(46)13-6-7-17-45/h3-5,11-12,26,28-35,55,66H,6-10,13-25,45-46H2,1-2H3,(H,47,59)(H,48,56)(H,49,60)(H,50,58)(H,51,57)(H,64,65)/t28-,29-,30-,31-,32-,33-,34-,35-/m0/s1. The van der Waals surface area contributed by atoms with Crippen molar-refractivity contribution in [2.24, 2.45) is 17.4 Å². The lowest BCUT2D eigenvalue weighted by molar-refractivity contribution is -0.147. The number of rotatable bonds is 24. The number of unbranched alkanes of at least 4 members (excludes halogenated alkanes) is 1. The molecule has 0 radical (unpaired) electrons. The molecular weight excluding hydrogens is 877 g/mol. The number of amides is 8. The third-order valence-corrected chi connectivity index (χ3v) is 12.4. The first-order valence-corrected chi connectivity index (χ1v) is 23.5. The number of hydrogen-bond acceptors (Lipinski definition) is 13. The molecule has 1 aromatic carbocycles. The molecule has 22 heteroatoms. The Bertz CT molecular complexity index is 1880. The van der Waals surface area contributed by atoms with E-state index in [1.165, 1.54) is 14.7 Å². The zero-order chi connectivity index (χ0) is 48.5. The van der Waals surface area contributed by atoms with E-state index in [9.17, 15) is 53.4 Å². The molecule has 21 nitrogen and oxygen atoms in total. The first-order valence-electron chi connectivity index (χ1n) is 22.8. The summed E-state index contributed by atoms with van der Waals surface area (Å²) < 4.78 is 0. The summed E-state index contributed by atoms with van der Waals surface area (Å²) in [6.07, 6.45) is 4.18. The minimum absolute atomic E-state index is 0.0297. The molecule has 8 amide bonds. The van der Waals surface area contributed by atoms with Crippen molar-refractivity contribution in [3.63, 3.8) is 0 Å². The van der Waals surface area contributed by atoms with E-state index in [4.69, 9.17) is 11.5 Å². The molecule has 0 aromatic heterocycles. The van der Waals surface area contributed by atoms with Crippen LogP contribution in [0.4, 0.5) is 0 Å². The van der Waals surface area contributed by atoms with Crippen LogP contribution in [0.25, 0.3) is 0 Å². The van der Waals surface area contributed by atoms with Crippen molar-refractivity contribution in [1.29, 1.82) is 0 Å². The van der Waals surface area contributed by atoms with Crippen molar-refractivity contribution in [2.75, 3.05) is 45.1 Å². The van der Waals surface area contributed by atoms with E-state index in [2.05, 4.69) is 39.2 Å². The third kappa shape index (κ3) is 14.8.